The number of hydrogen-bond donors (Lipinski definition) is 0. The Kier molecular flexibility index (Phi) is 1.43. The molecule has 3 heteroatoms. The molecule has 0 aliphatic heterocycles. The Balaban J connectivity index is 3.02. The maximum atomic E-state index is 11.0. The summed E-state index contributed by atoms with van der Waals surface area (Å²) in [7, 11) is 0. The molecule has 0 aliphatic carbocycles. The number of alkyl halides is 3. The molecule has 0 heterocycles. The topological polar surface area (TPSA) is 0 Å². The lowest BCUT2D eigenvalue weighted by atomic mass is 11.8. The first kappa shape index (κ1) is 2.91. The third-order valence-corrected chi connectivity index (χ3v) is 0. The summed E-state index contributed by atoms with van der Waals surface area (Å²) in [6.45, 7) is 0. The quantitative estimate of drug-likeness (QED) is 0.460. The van der Waals surface area contributed by atoms with Crippen LogP contribution in [0.2, 0.25) is 0 Å². The minimum atomic E-state index is -2.47. The molecule has 0 unspecified atom stereocenters. The van der Waals surface area contributed by atoms with Gasteiger partial charge in [-0.3, -0.25) is 0 Å². The van der Waals surface area contributed by atoms with Crippen molar-refractivity contribution in [2.75, 3.05) is 0 Å². The molecule has 0 saturated heterocycles. The molecule has 0 spiro atoms. The van der Waals surface area contributed by atoms with Crippen molar-refractivity contribution < 1.29 is 5.76 Å². The van der Waals surface area contributed by atoms with Crippen LogP contribution in [0.15, 0.2) is 0 Å². The average Bonchev–Trinajstić information content (AvgIpc) is 0.722. The van der Waals surface area contributed by atoms with Crippen molar-refractivity contribution in [3.63, 3.8) is 0 Å². The summed E-state index contributed by atoms with van der Waals surface area (Å²) >= 11 is 6.59. The minimum Gasteiger partial charge on any atom is -0.217 e. The SMILES string of the molecule is [2H][C@@](F)(Cl)Br. The Hall–Kier alpha value is 0.700. The van der Waals surface area contributed by atoms with Gasteiger partial charge in [0.15, 0.2) is 0 Å². The van der Waals surface area contributed by atoms with Gasteiger partial charge in [-0.05, 0) is 15.9 Å². The van der Waals surface area contributed by atoms with E-state index in [0.717, 1.165) is 0 Å². The molecule has 0 radical (unpaired) electrons. The fourth-order valence-corrected chi connectivity index (χ4v) is 0. The molecule has 4 heavy (non-hydrogen) atoms. The van der Waals surface area contributed by atoms with E-state index in [1.807, 2.05) is 0 Å². The largest absolute Gasteiger partial charge is 0.227 e. The van der Waals surface area contributed by atoms with Crippen molar-refractivity contribution in [1.82, 2.24) is 0 Å². The molecule has 0 nitrogen and oxygen atoms in total. The molecular weight excluding hydrogens is 146 g/mol. The van der Waals surface area contributed by atoms with Crippen molar-refractivity contribution in [3.05, 3.63) is 0 Å². The monoisotopic (exact) mass is 147 g/mol. The lowest BCUT2D eigenvalue weighted by molar-refractivity contribution is 0.569. The highest BCUT2D eigenvalue weighted by Gasteiger charge is 1.80. The Morgan fingerprint density at radius 1 is 2.50 bits per heavy atom. The number of halogens is 3. The first-order valence-corrected chi connectivity index (χ1v) is 1.74. The van der Waals surface area contributed by atoms with Crippen LogP contribution in [0, 0.1) is 0 Å². The minimum absolute atomic E-state index is 2.14. The fraction of sp³-hybridized carbons (Fsp3) is 1.00. The van der Waals surface area contributed by atoms with Crippen molar-refractivity contribution >= 4 is 27.5 Å². The van der Waals surface area contributed by atoms with E-state index in [1.54, 1.807) is 0 Å². The Bertz CT molecular complexity index is 27.1. The van der Waals surface area contributed by atoms with E-state index >= 15 is 0 Å². The van der Waals surface area contributed by atoms with Crippen molar-refractivity contribution in [1.29, 1.82) is 0 Å². The van der Waals surface area contributed by atoms with Gasteiger partial charge < -0.3 is 0 Å². The van der Waals surface area contributed by atoms with Crippen LogP contribution in [-0.2, 0) is 0 Å². The van der Waals surface area contributed by atoms with Crippen molar-refractivity contribution in [2.45, 2.75) is 4.52 Å². The van der Waals surface area contributed by atoms with Gasteiger partial charge >= 0.3 is 0 Å². The van der Waals surface area contributed by atoms with Crippen LogP contribution < -0.4 is 0 Å². The van der Waals surface area contributed by atoms with E-state index in [1.165, 1.54) is 0 Å². The smallest absolute Gasteiger partial charge is 0.217 e. The van der Waals surface area contributed by atoms with E-state index in [4.69, 9.17) is 1.37 Å². The lowest BCUT2D eigenvalue weighted by Gasteiger charge is -1.68. The molecule has 0 rings (SSSR count). The van der Waals surface area contributed by atoms with Crippen molar-refractivity contribution in [2.24, 2.45) is 0 Å². The lowest BCUT2D eigenvalue weighted by Crippen LogP contribution is -1.57. The highest BCUT2D eigenvalue weighted by Crippen LogP contribution is 2.02. The maximum absolute atomic E-state index is 11.0. The molecule has 0 bridgehead atoms. The first-order chi connectivity index (χ1) is 2.00. The van der Waals surface area contributed by atoms with E-state index < -0.39 is 4.52 Å². The molecule has 0 N–H and O–H groups in total. The van der Waals surface area contributed by atoms with Gasteiger partial charge in [0.2, 0.25) is 4.52 Å². The van der Waals surface area contributed by atoms with Crippen LogP contribution in [0.25, 0.3) is 0 Å². The summed E-state index contributed by atoms with van der Waals surface area (Å²) in [5.41, 5.74) is 0. The van der Waals surface area contributed by atoms with Gasteiger partial charge in [0.05, 0.1) is 1.37 Å². The van der Waals surface area contributed by atoms with Gasteiger partial charge in [-0.25, -0.2) is 4.39 Å². The van der Waals surface area contributed by atoms with Crippen LogP contribution >= 0.6 is 27.5 Å². The highest BCUT2D eigenvalue weighted by atomic mass is 79.9. The zero-order chi connectivity index (χ0) is 4.50. The fourth-order valence-electron chi connectivity index (χ4n) is 0. The third kappa shape index (κ3) is 15.9. The zero-order valence-corrected chi connectivity index (χ0v) is 3.98. The van der Waals surface area contributed by atoms with Crippen LogP contribution in [0.4, 0.5) is 4.39 Å². The predicted octanol–water partition coefficient (Wildman–Crippen LogP) is 1.87. The first-order valence-electron chi connectivity index (χ1n) is 1.07. The number of rotatable bonds is 0. The van der Waals surface area contributed by atoms with Crippen LogP contribution in [0.1, 0.15) is 1.37 Å². The van der Waals surface area contributed by atoms with E-state index in [-0.39, 0.29) is 0 Å². The molecule has 0 aromatic carbocycles. The maximum Gasteiger partial charge on any atom is 0.227 e. The van der Waals surface area contributed by atoms with Gasteiger partial charge in [-0.15, -0.1) is 0 Å². The average molecular weight is 148 g/mol. The Labute approximate surface area is 38.5 Å². The molecule has 0 aromatic heterocycles. The molecule has 0 aliphatic rings. The molecule has 26 valence electrons. The zero-order valence-electron chi connectivity index (χ0n) is 2.63. The summed E-state index contributed by atoms with van der Waals surface area (Å²) in [5.74, 6) is 0. The second-order valence-corrected chi connectivity index (χ2v) is 1.70. The van der Waals surface area contributed by atoms with Crippen LogP contribution in [0.5, 0.6) is 0 Å². The summed E-state index contributed by atoms with van der Waals surface area (Å²) in [6, 6.07) is 0. The van der Waals surface area contributed by atoms with E-state index in [9.17, 15) is 4.39 Å². The normalized spacial score (nSPS) is 27.2. The molecule has 0 fully saturated rings. The van der Waals surface area contributed by atoms with E-state index in [2.05, 4.69) is 27.5 Å². The summed E-state index contributed by atoms with van der Waals surface area (Å²) in [6.07, 6.45) is 0. The van der Waals surface area contributed by atoms with Gasteiger partial charge in [-0.1, -0.05) is 11.6 Å². The Morgan fingerprint density at radius 3 is 2.50 bits per heavy atom. The van der Waals surface area contributed by atoms with Crippen LogP contribution in [-0.4, -0.2) is 4.52 Å². The second kappa shape index (κ2) is 1.97. The molecule has 0 amide bonds. The molecule has 0 saturated carbocycles. The summed E-state index contributed by atoms with van der Waals surface area (Å²) in [5, 5.41) is 0. The number of hydrogen-bond acceptors (Lipinski definition) is 0. The molecular formula is CHBrClF. The molecule has 0 aromatic rings. The molecule has 1 atom stereocenters. The van der Waals surface area contributed by atoms with Gasteiger partial charge in [-0.2, -0.15) is 0 Å². The predicted molar refractivity (Wildman–Crippen MR) is 19.7 cm³/mol. The van der Waals surface area contributed by atoms with Gasteiger partial charge in [0, 0.05) is 0 Å². The van der Waals surface area contributed by atoms with E-state index in [0.29, 0.717) is 0 Å². The van der Waals surface area contributed by atoms with Gasteiger partial charge in [0.25, 0.3) is 0 Å². The third-order valence-electron chi connectivity index (χ3n) is 0. The summed E-state index contributed by atoms with van der Waals surface area (Å²) < 4.78 is 14.5. The Morgan fingerprint density at radius 2 is 2.50 bits per heavy atom. The van der Waals surface area contributed by atoms with Crippen LogP contribution in [0.3, 0.4) is 0 Å². The van der Waals surface area contributed by atoms with Crippen molar-refractivity contribution in [3.8, 4) is 0 Å². The second-order valence-electron chi connectivity index (χ2n) is 0.214. The highest BCUT2D eigenvalue weighted by molar-refractivity contribution is 9.10. The van der Waals surface area contributed by atoms with Gasteiger partial charge in [0.1, 0.15) is 0 Å². The standard InChI is InChI=1S/CHBrClF/c2-1(3)4/h1H/t1-/m0/s1/i1D. The summed E-state index contributed by atoms with van der Waals surface area (Å²) in [4.78, 5) is 0.